The third-order valence-corrected chi connectivity index (χ3v) is 3.27. The Balaban J connectivity index is 2.55. The molecule has 1 aliphatic rings. The number of allylic oxidation sites excluding steroid dienone is 1. The molecule has 1 heteroatoms. The van der Waals surface area contributed by atoms with Crippen LogP contribution in [0.3, 0.4) is 0 Å². The number of aldehydes is 1. The van der Waals surface area contributed by atoms with Gasteiger partial charge in [-0.3, -0.25) is 0 Å². The average molecular weight is 186 g/mol. The molecule has 0 unspecified atom stereocenters. The Bertz CT molecular complexity index is 392. The zero-order chi connectivity index (χ0) is 10.2. The summed E-state index contributed by atoms with van der Waals surface area (Å²) in [7, 11) is 0. The molecule has 0 aliphatic heterocycles. The molecule has 0 N–H and O–H groups in total. The van der Waals surface area contributed by atoms with Gasteiger partial charge in [-0.2, -0.15) is 0 Å². The number of carbonyl (C=O) groups excluding carboxylic acids is 1. The van der Waals surface area contributed by atoms with Crippen molar-refractivity contribution in [3.63, 3.8) is 0 Å². The van der Waals surface area contributed by atoms with Crippen molar-refractivity contribution in [3.05, 3.63) is 41.5 Å². The third-order valence-electron chi connectivity index (χ3n) is 3.27. The predicted molar refractivity (Wildman–Crippen MR) is 58.1 cm³/mol. The van der Waals surface area contributed by atoms with Crippen LogP contribution >= 0.6 is 0 Å². The minimum Gasteiger partial charge on any atom is -0.302 e. The van der Waals surface area contributed by atoms with Crippen molar-refractivity contribution in [1.82, 2.24) is 0 Å². The van der Waals surface area contributed by atoms with E-state index in [9.17, 15) is 4.79 Å². The Morgan fingerprint density at radius 2 is 2.07 bits per heavy atom. The molecule has 0 bridgehead atoms. The zero-order valence-corrected chi connectivity index (χ0v) is 8.53. The highest BCUT2D eigenvalue weighted by Gasteiger charge is 2.32. The highest BCUT2D eigenvalue weighted by Crippen LogP contribution is 2.40. The number of hydrogen-bond acceptors (Lipinski definition) is 1. The second-order valence-corrected chi connectivity index (χ2v) is 4.17. The van der Waals surface area contributed by atoms with Crippen LogP contribution in [-0.4, -0.2) is 6.29 Å². The first-order valence-electron chi connectivity index (χ1n) is 4.92. The first-order chi connectivity index (χ1) is 6.67. The van der Waals surface area contributed by atoms with Gasteiger partial charge in [-0.15, -0.1) is 0 Å². The Labute approximate surface area is 84.5 Å². The Hall–Kier alpha value is -1.37. The van der Waals surface area contributed by atoms with Crippen LogP contribution in [0.15, 0.2) is 30.3 Å². The van der Waals surface area contributed by atoms with Crippen molar-refractivity contribution in [2.75, 3.05) is 0 Å². The second-order valence-electron chi connectivity index (χ2n) is 4.17. The monoisotopic (exact) mass is 186 g/mol. The highest BCUT2D eigenvalue weighted by atomic mass is 16.1. The van der Waals surface area contributed by atoms with E-state index in [0.29, 0.717) is 0 Å². The average Bonchev–Trinajstić information content (AvgIpc) is 2.24. The second kappa shape index (κ2) is 3.09. The Morgan fingerprint density at radius 3 is 2.79 bits per heavy atom. The molecule has 0 fully saturated rings. The van der Waals surface area contributed by atoms with Crippen LogP contribution in [0.25, 0.3) is 6.08 Å². The molecule has 0 saturated carbocycles. The maximum Gasteiger partial charge on any atom is 0.130 e. The van der Waals surface area contributed by atoms with Crippen LogP contribution in [0.4, 0.5) is 0 Å². The lowest BCUT2D eigenvalue weighted by Gasteiger charge is -2.32. The number of hydrogen-bond donors (Lipinski definition) is 0. The quantitative estimate of drug-likeness (QED) is 0.616. The van der Waals surface area contributed by atoms with E-state index < -0.39 is 0 Å². The van der Waals surface area contributed by atoms with Crippen LogP contribution in [0.1, 0.15) is 30.9 Å². The minimum atomic E-state index is -0.339. The number of rotatable bonds is 1. The molecular formula is C13H14O. The molecule has 2 rings (SSSR count). The Morgan fingerprint density at radius 1 is 1.36 bits per heavy atom. The van der Waals surface area contributed by atoms with Gasteiger partial charge in [0.25, 0.3) is 0 Å². The molecule has 1 aliphatic carbocycles. The molecule has 1 aromatic rings. The topological polar surface area (TPSA) is 17.1 Å². The van der Waals surface area contributed by atoms with Gasteiger partial charge in [0, 0.05) is 5.41 Å². The molecule has 0 radical (unpaired) electrons. The van der Waals surface area contributed by atoms with Gasteiger partial charge in [-0.1, -0.05) is 43.3 Å². The van der Waals surface area contributed by atoms with Gasteiger partial charge < -0.3 is 4.79 Å². The van der Waals surface area contributed by atoms with Crippen molar-refractivity contribution in [2.24, 2.45) is 5.41 Å². The van der Waals surface area contributed by atoms with Gasteiger partial charge in [-0.05, 0) is 24.0 Å². The maximum absolute atomic E-state index is 11.1. The number of fused-ring (bicyclic) bond motifs is 1. The largest absolute Gasteiger partial charge is 0.302 e. The van der Waals surface area contributed by atoms with Gasteiger partial charge >= 0.3 is 0 Å². The first-order valence-corrected chi connectivity index (χ1v) is 4.92. The molecule has 1 nitrogen and oxygen atoms in total. The third kappa shape index (κ3) is 1.20. The van der Waals surface area contributed by atoms with Crippen molar-refractivity contribution in [3.8, 4) is 0 Å². The van der Waals surface area contributed by atoms with Gasteiger partial charge in [0.1, 0.15) is 6.29 Å². The van der Waals surface area contributed by atoms with E-state index >= 15 is 0 Å². The maximum atomic E-state index is 11.1. The summed E-state index contributed by atoms with van der Waals surface area (Å²) >= 11 is 0. The molecule has 0 spiro atoms. The van der Waals surface area contributed by atoms with E-state index in [1.807, 2.05) is 31.2 Å². The van der Waals surface area contributed by atoms with Crippen LogP contribution in [-0.2, 0) is 4.79 Å². The normalized spacial score (nSPS) is 29.7. The van der Waals surface area contributed by atoms with Gasteiger partial charge in [-0.25, -0.2) is 0 Å². The minimum absolute atomic E-state index is 0.265. The molecule has 72 valence electrons. The zero-order valence-electron chi connectivity index (χ0n) is 8.53. The summed E-state index contributed by atoms with van der Waals surface area (Å²) < 4.78 is 0. The summed E-state index contributed by atoms with van der Waals surface area (Å²) in [6.07, 6.45) is 5.10. The lowest BCUT2D eigenvalue weighted by molar-refractivity contribution is -0.114. The predicted octanol–water partition coefficient (Wildman–Crippen LogP) is 3.02. The summed E-state index contributed by atoms with van der Waals surface area (Å²) in [5.74, 6) is 0.265. The van der Waals surface area contributed by atoms with Gasteiger partial charge in [0.2, 0.25) is 0 Å². The van der Waals surface area contributed by atoms with E-state index in [0.717, 1.165) is 6.29 Å². The van der Waals surface area contributed by atoms with E-state index in [1.165, 1.54) is 11.1 Å². The highest BCUT2D eigenvalue weighted by molar-refractivity contribution is 5.72. The van der Waals surface area contributed by atoms with E-state index in [2.05, 4.69) is 19.1 Å². The summed E-state index contributed by atoms with van der Waals surface area (Å²) in [5, 5.41) is 0. The molecule has 0 heterocycles. The smallest absolute Gasteiger partial charge is 0.130 e. The van der Waals surface area contributed by atoms with Crippen molar-refractivity contribution < 1.29 is 4.79 Å². The molecule has 0 aromatic heterocycles. The molecule has 14 heavy (non-hydrogen) atoms. The SMILES string of the molecule is C[C@H]1c2ccccc2C=C[C@@]1(C)C=O. The molecular weight excluding hydrogens is 172 g/mol. The summed E-state index contributed by atoms with van der Waals surface area (Å²) in [6.45, 7) is 4.09. The summed E-state index contributed by atoms with van der Waals surface area (Å²) in [5.41, 5.74) is 2.16. The fourth-order valence-corrected chi connectivity index (χ4v) is 1.95. The fraction of sp³-hybridized carbons (Fsp3) is 0.308. The lowest BCUT2D eigenvalue weighted by Crippen LogP contribution is -2.25. The van der Waals surface area contributed by atoms with Crippen LogP contribution < -0.4 is 0 Å². The number of carbonyl (C=O) groups is 1. The van der Waals surface area contributed by atoms with Crippen LogP contribution in [0, 0.1) is 5.41 Å². The Kier molecular flexibility index (Phi) is 2.03. The van der Waals surface area contributed by atoms with Crippen molar-refractivity contribution in [2.45, 2.75) is 19.8 Å². The standard InChI is InChI=1S/C13H14O/c1-10-12-6-4-3-5-11(12)7-8-13(10,2)9-14/h3-10H,1-2H3/t10-,13-/m0/s1. The van der Waals surface area contributed by atoms with Gasteiger partial charge in [0.05, 0.1) is 0 Å². The van der Waals surface area contributed by atoms with E-state index in [1.54, 1.807) is 0 Å². The van der Waals surface area contributed by atoms with E-state index in [-0.39, 0.29) is 11.3 Å². The molecule has 0 saturated heterocycles. The van der Waals surface area contributed by atoms with Crippen molar-refractivity contribution in [1.29, 1.82) is 0 Å². The first kappa shape index (κ1) is 9.20. The fourth-order valence-electron chi connectivity index (χ4n) is 1.95. The lowest BCUT2D eigenvalue weighted by atomic mass is 9.71. The molecule has 2 atom stereocenters. The van der Waals surface area contributed by atoms with E-state index in [4.69, 9.17) is 0 Å². The van der Waals surface area contributed by atoms with Gasteiger partial charge in [0.15, 0.2) is 0 Å². The molecule has 0 amide bonds. The summed E-state index contributed by atoms with van der Waals surface area (Å²) in [4.78, 5) is 11.1. The molecule has 1 aromatic carbocycles. The number of benzene rings is 1. The van der Waals surface area contributed by atoms with Crippen molar-refractivity contribution >= 4 is 12.4 Å². The van der Waals surface area contributed by atoms with Crippen LogP contribution in [0.2, 0.25) is 0 Å². The summed E-state index contributed by atoms with van der Waals surface area (Å²) in [6, 6.07) is 8.25. The van der Waals surface area contributed by atoms with Crippen LogP contribution in [0.5, 0.6) is 0 Å².